The van der Waals surface area contributed by atoms with Crippen molar-refractivity contribution >= 4 is 23.3 Å². The first-order chi connectivity index (χ1) is 34.7. The van der Waals surface area contributed by atoms with Crippen molar-refractivity contribution < 1.29 is 0 Å². The lowest BCUT2D eigenvalue weighted by Crippen LogP contribution is -1.88. The molecule has 0 atom stereocenters. The molecule has 0 nitrogen and oxygen atoms in total. The standard InChI is InChI=1S/C70H46/c1-7-19-47(20-8-1)35-63-65-43-53(59-39-55(49-23-11-3-12-24-49)37-56(40-59)50-25-13-4-14-26-50)31-33-61(65)67-46-70-64(36-48-21-9-2-10-22-48)66-44-54(32-34-62(66)68(70)45-69(63)67)60-41-57(51-27-15-5-16-28-51)38-58(42-60)52-29-17-6-18-30-52/h1-46H/b63-35+,64-36+. The van der Waals surface area contributed by atoms with Crippen molar-refractivity contribution in [3.05, 3.63) is 300 Å². The van der Waals surface area contributed by atoms with Gasteiger partial charge in [0.15, 0.2) is 0 Å². The molecule has 70 heavy (non-hydrogen) atoms. The molecule has 0 aromatic heterocycles. The number of hydrogen-bond acceptors (Lipinski definition) is 0. The minimum Gasteiger partial charge on any atom is -0.0622 e. The summed E-state index contributed by atoms with van der Waals surface area (Å²) in [5.41, 5.74) is 29.4. The summed E-state index contributed by atoms with van der Waals surface area (Å²) in [6.07, 6.45) is 4.78. The van der Waals surface area contributed by atoms with E-state index in [1.54, 1.807) is 0 Å². The first-order valence-corrected chi connectivity index (χ1v) is 24.2. The normalized spacial score (nSPS) is 13.2. The molecule has 0 N–H and O–H groups in total. The maximum atomic E-state index is 2.48. The average Bonchev–Trinajstić information content (AvgIpc) is 3.90. The highest BCUT2D eigenvalue weighted by atomic mass is 14.3. The van der Waals surface area contributed by atoms with Crippen molar-refractivity contribution in [3.63, 3.8) is 0 Å². The first kappa shape index (κ1) is 41.1. The van der Waals surface area contributed by atoms with E-state index in [0.717, 1.165) is 0 Å². The molecule has 11 aromatic rings. The topological polar surface area (TPSA) is 0 Å². The van der Waals surface area contributed by atoms with E-state index in [4.69, 9.17) is 0 Å². The Labute approximate surface area is 410 Å². The van der Waals surface area contributed by atoms with Gasteiger partial charge in [-0.3, -0.25) is 0 Å². The van der Waals surface area contributed by atoms with E-state index >= 15 is 0 Å². The van der Waals surface area contributed by atoms with Gasteiger partial charge in [-0.25, -0.2) is 0 Å². The molecule has 0 bridgehead atoms. The van der Waals surface area contributed by atoms with Crippen LogP contribution in [0.25, 0.3) is 112 Å². The second kappa shape index (κ2) is 17.5. The fourth-order valence-corrected chi connectivity index (χ4v) is 10.7. The van der Waals surface area contributed by atoms with Crippen molar-refractivity contribution in [1.29, 1.82) is 0 Å². The zero-order chi connectivity index (χ0) is 46.4. The highest BCUT2D eigenvalue weighted by Crippen LogP contribution is 2.54. The molecule has 0 unspecified atom stereocenters. The molecular formula is C70H46. The zero-order valence-electron chi connectivity index (χ0n) is 38.6. The van der Waals surface area contributed by atoms with E-state index in [2.05, 4.69) is 279 Å². The van der Waals surface area contributed by atoms with Gasteiger partial charge in [-0.15, -0.1) is 0 Å². The molecule has 0 saturated heterocycles. The van der Waals surface area contributed by atoms with E-state index in [1.165, 1.54) is 134 Å². The molecule has 0 radical (unpaired) electrons. The van der Waals surface area contributed by atoms with Crippen LogP contribution in [0, 0.1) is 0 Å². The van der Waals surface area contributed by atoms with Gasteiger partial charge in [0.25, 0.3) is 0 Å². The average molecular weight is 887 g/mol. The summed E-state index contributed by atoms with van der Waals surface area (Å²) in [4.78, 5) is 0. The molecule has 11 aromatic carbocycles. The molecule has 326 valence electrons. The SMILES string of the molecule is C(=C1/c2cc(-c3cc(-c4ccccc4)cc(-c4ccccc4)c3)ccc2-c2cc3c(cc21)-c1ccc(-c2cc(-c4ccccc4)cc(-c4ccccc4)c2)cc1/C3=C\c1ccccc1)/c1ccccc1. The molecule has 0 fully saturated rings. The monoisotopic (exact) mass is 886 g/mol. The Balaban J connectivity index is 0.978. The number of fused-ring (bicyclic) bond motifs is 6. The molecule has 2 aliphatic carbocycles. The largest absolute Gasteiger partial charge is 0.0622 e. The van der Waals surface area contributed by atoms with Crippen molar-refractivity contribution in [2.75, 3.05) is 0 Å². The van der Waals surface area contributed by atoms with Gasteiger partial charge in [0.1, 0.15) is 0 Å². The van der Waals surface area contributed by atoms with Crippen LogP contribution >= 0.6 is 0 Å². The Morgan fingerprint density at radius 1 is 0.157 bits per heavy atom. The van der Waals surface area contributed by atoms with Gasteiger partial charge in [0.05, 0.1) is 0 Å². The summed E-state index contributed by atoms with van der Waals surface area (Å²) in [6.45, 7) is 0. The van der Waals surface area contributed by atoms with Gasteiger partial charge in [0, 0.05) is 0 Å². The minimum atomic E-state index is 1.18. The first-order valence-electron chi connectivity index (χ1n) is 24.2. The van der Waals surface area contributed by atoms with E-state index in [0.29, 0.717) is 0 Å². The highest BCUT2D eigenvalue weighted by molar-refractivity contribution is 6.14. The summed E-state index contributed by atoms with van der Waals surface area (Å²) in [7, 11) is 0. The molecule has 0 spiro atoms. The van der Waals surface area contributed by atoms with Crippen molar-refractivity contribution in [2.24, 2.45) is 0 Å². The second-order valence-corrected chi connectivity index (χ2v) is 18.5. The van der Waals surface area contributed by atoms with E-state index in [1.807, 2.05) is 0 Å². The van der Waals surface area contributed by atoms with Crippen LogP contribution in [0.3, 0.4) is 0 Å². The number of benzene rings is 11. The van der Waals surface area contributed by atoms with Gasteiger partial charge in [-0.2, -0.15) is 0 Å². The third kappa shape index (κ3) is 7.63. The maximum absolute atomic E-state index is 2.48. The molecule has 0 aliphatic heterocycles. The van der Waals surface area contributed by atoms with E-state index < -0.39 is 0 Å². The van der Waals surface area contributed by atoms with Crippen LogP contribution in [0.4, 0.5) is 0 Å². The van der Waals surface area contributed by atoms with Crippen molar-refractivity contribution in [1.82, 2.24) is 0 Å². The van der Waals surface area contributed by atoms with Crippen molar-refractivity contribution in [2.45, 2.75) is 0 Å². The summed E-state index contributed by atoms with van der Waals surface area (Å²) in [5, 5.41) is 0. The Bertz CT molecular complexity index is 3440. The lowest BCUT2D eigenvalue weighted by Gasteiger charge is -2.13. The Kier molecular flexibility index (Phi) is 10.3. The molecule has 0 saturated carbocycles. The van der Waals surface area contributed by atoms with Crippen LogP contribution in [0.1, 0.15) is 33.4 Å². The molecule has 0 heteroatoms. The summed E-state index contributed by atoms with van der Waals surface area (Å²) >= 11 is 0. The second-order valence-electron chi connectivity index (χ2n) is 18.5. The minimum absolute atomic E-state index is 1.18. The lowest BCUT2D eigenvalue weighted by molar-refractivity contribution is 1.56. The van der Waals surface area contributed by atoms with Crippen LogP contribution in [0.5, 0.6) is 0 Å². The quantitative estimate of drug-likeness (QED) is 0.143. The van der Waals surface area contributed by atoms with Gasteiger partial charge >= 0.3 is 0 Å². The highest BCUT2D eigenvalue weighted by Gasteiger charge is 2.31. The van der Waals surface area contributed by atoms with Gasteiger partial charge < -0.3 is 0 Å². The van der Waals surface area contributed by atoms with Crippen LogP contribution < -0.4 is 0 Å². The molecular weight excluding hydrogens is 841 g/mol. The Morgan fingerprint density at radius 2 is 0.414 bits per heavy atom. The lowest BCUT2D eigenvalue weighted by atomic mass is 9.91. The zero-order valence-corrected chi connectivity index (χ0v) is 38.6. The molecule has 2 aliphatic rings. The predicted molar refractivity (Wildman–Crippen MR) is 297 cm³/mol. The van der Waals surface area contributed by atoms with Crippen LogP contribution in [-0.2, 0) is 0 Å². The van der Waals surface area contributed by atoms with Crippen LogP contribution in [0.15, 0.2) is 267 Å². The smallest absolute Gasteiger partial charge is 0.00921 e. The maximum Gasteiger partial charge on any atom is -0.00921 e. The number of rotatable bonds is 8. The third-order valence-electron chi connectivity index (χ3n) is 14.1. The summed E-state index contributed by atoms with van der Waals surface area (Å²) in [6, 6.07) is 97.9. The van der Waals surface area contributed by atoms with Crippen LogP contribution in [0.2, 0.25) is 0 Å². The van der Waals surface area contributed by atoms with Gasteiger partial charge in [0.2, 0.25) is 0 Å². The molecule has 13 rings (SSSR count). The predicted octanol–water partition coefficient (Wildman–Crippen LogP) is 18.8. The number of hydrogen-bond donors (Lipinski definition) is 0. The van der Waals surface area contributed by atoms with Gasteiger partial charge in [-0.1, -0.05) is 206 Å². The Morgan fingerprint density at radius 3 is 0.714 bits per heavy atom. The van der Waals surface area contributed by atoms with E-state index in [-0.39, 0.29) is 0 Å². The summed E-state index contributed by atoms with van der Waals surface area (Å²) in [5.74, 6) is 0. The fraction of sp³-hybridized carbons (Fsp3) is 0. The van der Waals surface area contributed by atoms with Crippen molar-refractivity contribution in [3.8, 4) is 89.0 Å². The fourth-order valence-electron chi connectivity index (χ4n) is 10.7. The van der Waals surface area contributed by atoms with Crippen LogP contribution in [-0.4, -0.2) is 0 Å². The molecule has 0 amide bonds. The summed E-state index contributed by atoms with van der Waals surface area (Å²) < 4.78 is 0. The molecule has 0 heterocycles. The Hall–Kier alpha value is -9.10. The third-order valence-corrected chi connectivity index (χ3v) is 14.1. The van der Waals surface area contributed by atoms with E-state index in [9.17, 15) is 0 Å². The van der Waals surface area contributed by atoms with Gasteiger partial charge in [-0.05, 0) is 206 Å².